The van der Waals surface area contributed by atoms with Gasteiger partial charge in [-0.15, -0.1) is 0 Å². The van der Waals surface area contributed by atoms with E-state index in [1.807, 2.05) is 57.2 Å². The van der Waals surface area contributed by atoms with Crippen molar-refractivity contribution in [2.75, 3.05) is 11.9 Å². The fourth-order valence-electron chi connectivity index (χ4n) is 4.06. The molecule has 2 heterocycles. The summed E-state index contributed by atoms with van der Waals surface area (Å²) in [5.41, 5.74) is 5.64. The standard InChI is InChI=1S/C27H30N4O3/c1-5-6-13-34-22-9-7-21(8-10-22)23-16-24-27(33)30(11-12-31(24)29-23)17-25(32)28-26-19(3)14-18(2)15-20(26)4/h7-12,14-16H,5-6,13,17H2,1-4H3,(H,28,32). The predicted octanol–water partition coefficient (Wildman–Crippen LogP) is 4.91. The Morgan fingerprint density at radius 2 is 1.74 bits per heavy atom. The maximum absolute atomic E-state index is 13.0. The van der Waals surface area contributed by atoms with Gasteiger partial charge in [0.2, 0.25) is 5.91 Å². The summed E-state index contributed by atoms with van der Waals surface area (Å²) in [6.45, 7) is 8.70. The number of hydrogen-bond donors (Lipinski definition) is 1. The summed E-state index contributed by atoms with van der Waals surface area (Å²) < 4.78 is 8.66. The second-order valence-corrected chi connectivity index (χ2v) is 8.64. The van der Waals surface area contributed by atoms with Crippen molar-refractivity contribution in [3.05, 3.63) is 81.9 Å². The van der Waals surface area contributed by atoms with Gasteiger partial charge in [0.05, 0.1) is 12.3 Å². The number of anilines is 1. The van der Waals surface area contributed by atoms with Gasteiger partial charge in [-0.1, -0.05) is 31.0 Å². The zero-order chi connectivity index (χ0) is 24.2. The highest BCUT2D eigenvalue weighted by Gasteiger charge is 2.13. The SMILES string of the molecule is CCCCOc1ccc(-c2cc3c(=O)n(CC(=O)Nc4c(C)cc(C)cc4C)ccn3n2)cc1. The molecule has 0 unspecified atom stereocenters. The first kappa shape index (κ1) is 23.3. The van der Waals surface area contributed by atoms with Crippen molar-refractivity contribution in [2.45, 2.75) is 47.1 Å². The monoisotopic (exact) mass is 458 g/mol. The smallest absolute Gasteiger partial charge is 0.277 e. The average Bonchev–Trinajstić information content (AvgIpc) is 3.24. The van der Waals surface area contributed by atoms with E-state index >= 15 is 0 Å². The third-order valence-corrected chi connectivity index (χ3v) is 5.78. The summed E-state index contributed by atoms with van der Waals surface area (Å²) in [5, 5.41) is 7.48. The van der Waals surface area contributed by atoms with E-state index in [0.29, 0.717) is 17.8 Å². The van der Waals surface area contributed by atoms with Crippen LogP contribution in [0.5, 0.6) is 5.75 Å². The van der Waals surface area contributed by atoms with Crippen LogP contribution in [-0.4, -0.2) is 26.7 Å². The predicted molar refractivity (Wildman–Crippen MR) is 135 cm³/mol. The number of aryl methyl sites for hydroxylation is 3. The molecule has 7 nitrogen and oxygen atoms in total. The number of amides is 1. The van der Waals surface area contributed by atoms with Crippen LogP contribution in [0.15, 0.2) is 59.7 Å². The lowest BCUT2D eigenvalue weighted by Crippen LogP contribution is -2.28. The highest BCUT2D eigenvalue weighted by atomic mass is 16.5. The number of aromatic nitrogens is 3. The van der Waals surface area contributed by atoms with Crippen molar-refractivity contribution in [2.24, 2.45) is 0 Å². The molecule has 0 aliphatic carbocycles. The van der Waals surface area contributed by atoms with E-state index in [-0.39, 0.29) is 18.0 Å². The van der Waals surface area contributed by atoms with Gasteiger partial charge < -0.3 is 14.6 Å². The van der Waals surface area contributed by atoms with Crippen molar-refractivity contribution in [3.63, 3.8) is 0 Å². The van der Waals surface area contributed by atoms with Crippen molar-refractivity contribution in [1.82, 2.24) is 14.2 Å². The van der Waals surface area contributed by atoms with Gasteiger partial charge in [-0.25, -0.2) is 4.52 Å². The Morgan fingerprint density at radius 3 is 2.41 bits per heavy atom. The molecule has 0 saturated heterocycles. The molecule has 4 rings (SSSR count). The molecule has 0 bridgehead atoms. The first-order chi connectivity index (χ1) is 16.4. The molecule has 176 valence electrons. The molecule has 34 heavy (non-hydrogen) atoms. The van der Waals surface area contributed by atoms with Crippen molar-refractivity contribution in [3.8, 4) is 17.0 Å². The Labute approximate surface area is 199 Å². The summed E-state index contributed by atoms with van der Waals surface area (Å²) >= 11 is 0. The maximum atomic E-state index is 13.0. The molecule has 0 saturated carbocycles. The molecule has 0 aliphatic rings. The van der Waals surface area contributed by atoms with Crippen LogP contribution in [0.25, 0.3) is 16.8 Å². The topological polar surface area (TPSA) is 77.6 Å². The molecular formula is C27H30N4O3. The molecule has 0 fully saturated rings. The van der Waals surface area contributed by atoms with Gasteiger partial charge in [0.1, 0.15) is 17.8 Å². The number of unbranched alkanes of at least 4 members (excludes halogenated alkanes) is 1. The van der Waals surface area contributed by atoms with Gasteiger partial charge >= 0.3 is 0 Å². The number of nitrogens with zero attached hydrogens (tertiary/aromatic N) is 3. The minimum atomic E-state index is -0.270. The zero-order valence-corrected chi connectivity index (χ0v) is 20.1. The Balaban J connectivity index is 1.52. The largest absolute Gasteiger partial charge is 0.494 e. The van der Waals surface area contributed by atoms with Gasteiger partial charge in [0.15, 0.2) is 0 Å². The molecule has 1 amide bonds. The molecule has 0 spiro atoms. The quantitative estimate of drug-likeness (QED) is 0.381. The maximum Gasteiger partial charge on any atom is 0.277 e. The third kappa shape index (κ3) is 5.03. The lowest BCUT2D eigenvalue weighted by atomic mass is 10.1. The number of ether oxygens (including phenoxy) is 1. The number of nitrogens with one attached hydrogen (secondary N) is 1. The molecular weight excluding hydrogens is 428 g/mol. The second kappa shape index (κ2) is 9.95. The molecule has 0 atom stereocenters. The zero-order valence-electron chi connectivity index (χ0n) is 20.1. The lowest BCUT2D eigenvalue weighted by molar-refractivity contribution is -0.116. The van der Waals surface area contributed by atoms with Gasteiger partial charge in [0, 0.05) is 23.6 Å². The minimum Gasteiger partial charge on any atom is -0.494 e. The second-order valence-electron chi connectivity index (χ2n) is 8.64. The number of carbonyl (C=O) groups excluding carboxylic acids is 1. The van der Waals surface area contributed by atoms with Crippen LogP contribution in [0.2, 0.25) is 0 Å². The van der Waals surface area contributed by atoms with Crippen LogP contribution in [0.3, 0.4) is 0 Å². The van der Waals surface area contributed by atoms with E-state index < -0.39 is 0 Å². The molecule has 4 aromatic rings. The first-order valence-electron chi connectivity index (χ1n) is 11.6. The third-order valence-electron chi connectivity index (χ3n) is 5.78. The molecule has 1 N–H and O–H groups in total. The van der Waals surface area contributed by atoms with Crippen molar-refractivity contribution < 1.29 is 9.53 Å². The Kier molecular flexibility index (Phi) is 6.82. The van der Waals surface area contributed by atoms with Gasteiger partial charge in [0.25, 0.3) is 5.56 Å². The molecule has 2 aromatic heterocycles. The number of fused-ring (bicyclic) bond motifs is 1. The van der Waals surface area contributed by atoms with Gasteiger partial charge in [-0.3, -0.25) is 9.59 Å². The van der Waals surface area contributed by atoms with Crippen LogP contribution < -0.4 is 15.6 Å². The summed E-state index contributed by atoms with van der Waals surface area (Å²) in [5.74, 6) is 0.563. The highest BCUT2D eigenvalue weighted by molar-refractivity contribution is 5.92. The Morgan fingerprint density at radius 1 is 1.03 bits per heavy atom. The average molecular weight is 459 g/mol. The van der Waals surface area contributed by atoms with E-state index in [0.717, 1.165) is 46.5 Å². The molecule has 2 aromatic carbocycles. The lowest BCUT2D eigenvalue weighted by Gasteiger charge is -2.13. The van der Waals surface area contributed by atoms with Gasteiger partial charge in [-0.05, 0) is 68.7 Å². The number of hydrogen-bond acceptors (Lipinski definition) is 4. The minimum absolute atomic E-state index is 0.0770. The summed E-state index contributed by atoms with van der Waals surface area (Å²) in [6, 6.07) is 13.5. The summed E-state index contributed by atoms with van der Waals surface area (Å²) in [7, 11) is 0. The van der Waals surface area contributed by atoms with Crippen LogP contribution in [0.4, 0.5) is 5.69 Å². The molecule has 0 radical (unpaired) electrons. The van der Waals surface area contributed by atoms with Crippen LogP contribution in [0.1, 0.15) is 36.5 Å². The molecule has 0 aliphatic heterocycles. The molecule has 7 heteroatoms. The van der Waals surface area contributed by atoms with E-state index in [9.17, 15) is 9.59 Å². The van der Waals surface area contributed by atoms with Crippen LogP contribution in [0, 0.1) is 20.8 Å². The van der Waals surface area contributed by atoms with Crippen molar-refractivity contribution >= 4 is 17.1 Å². The Hall–Kier alpha value is -3.87. The summed E-state index contributed by atoms with van der Waals surface area (Å²) in [4.78, 5) is 25.7. The first-order valence-corrected chi connectivity index (χ1v) is 11.6. The summed E-state index contributed by atoms with van der Waals surface area (Å²) in [6.07, 6.45) is 5.38. The van der Waals surface area contributed by atoms with Gasteiger partial charge in [-0.2, -0.15) is 5.10 Å². The Bertz CT molecular complexity index is 1360. The van der Waals surface area contributed by atoms with Crippen molar-refractivity contribution in [1.29, 1.82) is 0 Å². The van der Waals surface area contributed by atoms with E-state index in [1.54, 1.807) is 23.0 Å². The number of carbonyl (C=O) groups is 1. The van der Waals surface area contributed by atoms with E-state index in [4.69, 9.17) is 4.74 Å². The van der Waals surface area contributed by atoms with Crippen LogP contribution >= 0.6 is 0 Å². The number of rotatable bonds is 8. The number of benzene rings is 2. The van der Waals surface area contributed by atoms with E-state index in [2.05, 4.69) is 17.3 Å². The van der Waals surface area contributed by atoms with Crippen LogP contribution in [-0.2, 0) is 11.3 Å². The van der Waals surface area contributed by atoms with E-state index in [1.165, 1.54) is 4.57 Å². The fourth-order valence-corrected chi connectivity index (χ4v) is 4.06. The fraction of sp³-hybridized carbons (Fsp3) is 0.296. The highest BCUT2D eigenvalue weighted by Crippen LogP contribution is 2.23. The normalized spacial score (nSPS) is 11.1.